The summed E-state index contributed by atoms with van der Waals surface area (Å²) in [5, 5.41) is 4.47. The zero-order chi connectivity index (χ0) is 12.6. The van der Waals surface area contributed by atoms with Crippen molar-refractivity contribution in [2.45, 2.75) is 46.2 Å². The van der Waals surface area contributed by atoms with Gasteiger partial charge in [-0.05, 0) is 48.2 Å². The van der Waals surface area contributed by atoms with E-state index in [1.165, 1.54) is 29.6 Å². The smallest absolute Gasteiger partial charge is 0.0739 e. The van der Waals surface area contributed by atoms with Gasteiger partial charge < -0.3 is 0 Å². The van der Waals surface area contributed by atoms with Crippen LogP contribution in [0.4, 0.5) is 0 Å². The number of aryl methyl sites for hydroxylation is 2. The zero-order valence-corrected chi connectivity index (χ0v) is 12.8. The quantitative estimate of drug-likeness (QED) is 0.855. The van der Waals surface area contributed by atoms with E-state index in [4.69, 9.17) is 0 Å². The van der Waals surface area contributed by atoms with Gasteiger partial charge in [0.05, 0.1) is 15.9 Å². The van der Waals surface area contributed by atoms with Gasteiger partial charge >= 0.3 is 0 Å². The maximum Gasteiger partial charge on any atom is 0.0739 e. The molecule has 0 amide bonds. The Kier molecular flexibility index (Phi) is 3.93. The Bertz CT molecular complexity index is 398. The average Bonchev–Trinajstić information content (AvgIpc) is 2.80. The summed E-state index contributed by atoms with van der Waals surface area (Å²) >= 11 is 3.66. The van der Waals surface area contributed by atoms with Crippen molar-refractivity contribution < 1.29 is 0 Å². The number of likely N-dealkylation sites (tertiary alicyclic amines) is 1. The van der Waals surface area contributed by atoms with E-state index in [1.54, 1.807) is 0 Å². The van der Waals surface area contributed by atoms with Crippen molar-refractivity contribution in [2.75, 3.05) is 6.54 Å². The lowest BCUT2D eigenvalue weighted by Gasteiger charge is -2.27. The first kappa shape index (κ1) is 13.1. The molecule has 1 aromatic heterocycles. The third-order valence-corrected chi connectivity index (χ3v) is 4.83. The third-order valence-electron chi connectivity index (χ3n) is 3.80. The van der Waals surface area contributed by atoms with Crippen molar-refractivity contribution in [3.63, 3.8) is 0 Å². The first-order valence-electron chi connectivity index (χ1n) is 6.42. The van der Waals surface area contributed by atoms with Crippen LogP contribution in [0.15, 0.2) is 4.47 Å². The van der Waals surface area contributed by atoms with Crippen molar-refractivity contribution in [1.29, 1.82) is 0 Å². The monoisotopic (exact) mass is 299 g/mol. The maximum atomic E-state index is 4.47. The number of hydrogen-bond donors (Lipinski definition) is 0. The molecule has 4 heteroatoms. The van der Waals surface area contributed by atoms with E-state index in [2.05, 4.69) is 46.7 Å². The Morgan fingerprint density at radius 3 is 2.71 bits per heavy atom. The Labute approximate surface area is 112 Å². The Balaban J connectivity index is 2.15. The summed E-state index contributed by atoms with van der Waals surface area (Å²) in [6, 6.07) is 0.733. The molecule has 17 heavy (non-hydrogen) atoms. The van der Waals surface area contributed by atoms with Crippen LogP contribution >= 0.6 is 15.9 Å². The highest BCUT2D eigenvalue weighted by Crippen LogP contribution is 2.28. The van der Waals surface area contributed by atoms with Gasteiger partial charge in [-0.3, -0.25) is 9.58 Å². The highest BCUT2D eigenvalue weighted by molar-refractivity contribution is 9.10. The van der Waals surface area contributed by atoms with Crippen LogP contribution in [0, 0.1) is 12.8 Å². The van der Waals surface area contributed by atoms with Gasteiger partial charge in [-0.2, -0.15) is 5.10 Å². The molecule has 0 spiro atoms. The molecule has 1 aliphatic rings. The molecule has 1 fully saturated rings. The molecule has 0 N–H and O–H groups in total. The zero-order valence-electron chi connectivity index (χ0n) is 11.2. The van der Waals surface area contributed by atoms with Gasteiger partial charge in [-0.15, -0.1) is 0 Å². The fourth-order valence-corrected chi connectivity index (χ4v) is 3.31. The lowest BCUT2D eigenvalue weighted by molar-refractivity contribution is 0.194. The summed E-state index contributed by atoms with van der Waals surface area (Å²) in [4.78, 5) is 2.60. The largest absolute Gasteiger partial charge is 0.294 e. The fraction of sp³-hybridized carbons (Fsp3) is 0.769. The van der Waals surface area contributed by atoms with Crippen LogP contribution in [0.2, 0.25) is 0 Å². The normalized spacial score (nSPS) is 21.6. The average molecular weight is 300 g/mol. The topological polar surface area (TPSA) is 21.1 Å². The predicted octanol–water partition coefficient (Wildman–Crippen LogP) is 3.11. The standard InChI is InChI=1S/C13H22BrN3/c1-9(2)11-6-5-7-17(11)8-12-13(14)10(3)15-16(12)4/h9,11H,5-8H2,1-4H3. The van der Waals surface area contributed by atoms with Gasteiger partial charge in [-0.1, -0.05) is 13.8 Å². The van der Waals surface area contributed by atoms with Crippen LogP contribution in [-0.4, -0.2) is 27.3 Å². The molecular formula is C13H22BrN3. The van der Waals surface area contributed by atoms with Gasteiger partial charge in [0.2, 0.25) is 0 Å². The number of rotatable bonds is 3. The molecule has 1 aliphatic heterocycles. The summed E-state index contributed by atoms with van der Waals surface area (Å²) in [5.74, 6) is 0.741. The van der Waals surface area contributed by atoms with Gasteiger partial charge in [0, 0.05) is 19.6 Å². The van der Waals surface area contributed by atoms with E-state index in [0.29, 0.717) is 0 Å². The molecule has 2 heterocycles. The molecule has 2 rings (SSSR count). The summed E-state index contributed by atoms with van der Waals surface area (Å²) in [7, 11) is 2.04. The minimum Gasteiger partial charge on any atom is -0.294 e. The van der Waals surface area contributed by atoms with Crippen LogP contribution in [0.3, 0.4) is 0 Å². The molecule has 96 valence electrons. The summed E-state index contributed by atoms with van der Waals surface area (Å²) < 4.78 is 3.18. The second-order valence-corrected chi connectivity index (χ2v) is 6.19. The number of aromatic nitrogens is 2. The van der Waals surface area contributed by atoms with E-state index in [-0.39, 0.29) is 0 Å². The van der Waals surface area contributed by atoms with Crippen LogP contribution in [0.5, 0.6) is 0 Å². The minimum atomic E-state index is 0.733. The highest BCUT2D eigenvalue weighted by Gasteiger charge is 2.28. The molecule has 0 aliphatic carbocycles. The van der Waals surface area contributed by atoms with Crippen molar-refractivity contribution in [3.05, 3.63) is 15.9 Å². The first-order chi connectivity index (χ1) is 8.00. The number of hydrogen-bond acceptors (Lipinski definition) is 2. The van der Waals surface area contributed by atoms with E-state index in [0.717, 1.165) is 24.2 Å². The molecular weight excluding hydrogens is 278 g/mol. The van der Waals surface area contributed by atoms with Crippen LogP contribution < -0.4 is 0 Å². The predicted molar refractivity (Wildman–Crippen MR) is 73.9 cm³/mol. The van der Waals surface area contributed by atoms with Crippen molar-refractivity contribution >= 4 is 15.9 Å². The lowest BCUT2D eigenvalue weighted by Crippen LogP contribution is -2.33. The number of halogens is 1. The second-order valence-electron chi connectivity index (χ2n) is 5.39. The van der Waals surface area contributed by atoms with E-state index >= 15 is 0 Å². The van der Waals surface area contributed by atoms with Crippen LogP contribution in [-0.2, 0) is 13.6 Å². The van der Waals surface area contributed by atoms with E-state index in [1.807, 2.05) is 11.7 Å². The maximum absolute atomic E-state index is 4.47. The SMILES string of the molecule is Cc1nn(C)c(CN2CCCC2C(C)C)c1Br. The summed E-state index contributed by atoms with van der Waals surface area (Å²) in [5.41, 5.74) is 2.39. The molecule has 3 nitrogen and oxygen atoms in total. The number of nitrogens with zero attached hydrogens (tertiary/aromatic N) is 3. The van der Waals surface area contributed by atoms with Crippen LogP contribution in [0.1, 0.15) is 38.1 Å². The Hall–Kier alpha value is -0.350. The van der Waals surface area contributed by atoms with E-state index < -0.39 is 0 Å². The van der Waals surface area contributed by atoms with E-state index in [9.17, 15) is 0 Å². The van der Waals surface area contributed by atoms with Crippen LogP contribution in [0.25, 0.3) is 0 Å². The minimum absolute atomic E-state index is 0.733. The highest BCUT2D eigenvalue weighted by atomic mass is 79.9. The van der Waals surface area contributed by atoms with Crippen molar-refractivity contribution in [1.82, 2.24) is 14.7 Å². The molecule has 0 radical (unpaired) electrons. The Morgan fingerprint density at radius 2 is 2.18 bits per heavy atom. The Morgan fingerprint density at radius 1 is 1.47 bits per heavy atom. The van der Waals surface area contributed by atoms with Gasteiger partial charge in [0.15, 0.2) is 0 Å². The summed E-state index contributed by atoms with van der Waals surface area (Å²) in [6.07, 6.45) is 2.67. The fourth-order valence-electron chi connectivity index (χ4n) is 2.85. The van der Waals surface area contributed by atoms with Gasteiger partial charge in [-0.25, -0.2) is 0 Å². The van der Waals surface area contributed by atoms with Crippen molar-refractivity contribution in [2.24, 2.45) is 13.0 Å². The van der Waals surface area contributed by atoms with Crippen molar-refractivity contribution in [3.8, 4) is 0 Å². The van der Waals surface area contributed by atoms with Gasteiger partial charge in [0.1, 0.15) is 0 Å². The lowest BCUT2D eigenvalue weighted by atomic mass is 10.0. The van der Waals surface area contributed by atoms with Gasteiger partial charge in [0.25, 0.3) is 0 Å². The molecule has 1 unspecified atom stereocenters. The molecule has 1 aromatic rings. The second kappa shape index (κ2) is 5.11. The molecule has 0 bridgehead atoms. The first-order valence-corrected chi connectivity index (χ1v) is 7.22. The molecule has 1 atom stereocenters. The summed E-state index contributed by atoms with van der Waals surface area (Å²) in [6.45, 7) is 8.94. The molecule has 1 saturated heterocycles. The molecule has 0 saturated carbocycles. The third kappa shape index (κ3) is 2.58. The molecule has 0 aromatic carbocycles.